The molecule has 1 aromatic carbocycles. The first-order valence-electron chi connectivity index (χ1n) is 3.68. The number of aromatic nitrogens is 1. The highest BCUT2D eigenvalue weighted by molar-refractivity contribution is 14.1. The Kier molecular flexibility index (Phi) is 2.42. The second kappa shape index (κ2) is 3.42. The van der Waals surface area contributed by atoms with Gasteiger partial charge in [-0.05, 0) is 34.7 Å². The Bertz CT molecular complexity index is 470. The van der Waals surface area contributed by atoms with E-state index in [4.69, 9.17) is 5.73 Å². The average molecular weight is 349 g/mol. The molecule has 2 nitrogen and oxygen atoms in total. The molecule has 0 amide bonds. The number of nitrogens with two attached hydrogens (primary N) is 1. The minimum atomic E-state index is 0.593. The van der Waals surface area contributed by atoms with Crippen molar-refractivity contribution in [1.29, 1.82) is 0 Å². The van der Waals surface area contributed by atoms with Crippen molar-refractivity contribution in [2.75, 3.05) is 5.73 Å². The van der Waals surface area contributed by atoms with Crippen molar-refractivity contribution in [3.05, 3.63) is 32.4 Å². The van der Waals surface area contributed by atoms with E-state index < -0.39 is 0 Å². The van der Waals surface area contributed by atoms with Crippen molar-refractivity contribution in [3.63, 3.8) is 0 Å². The van der Waals surface area contributed by atoms with Crippen LogP contribution in [-0.2, 0) is 0 Å². The van der Waals surface area contributed by atoms with Crippen LogP contribution in [0.25, 0.3) is 10.8 Å². The van der Waals surface area contributed by atoms with Gasteiger partial charge in [0, 0.05) is 21.4 Å². The third-order valence-electron chi connectivity index (χ3n) is 1.82. The largest absolute Gasteiger partial charge is 0.383 e. The summed E-state index contributed by atoms with van der Waals surface area (Å²) in [6, 6.07) is 6.08. The first-order valence-corrected chi connectivity index (χ1v) is 5.55. The summed E-state index contributed by atoms with van der Waals surface area (Å²) in [5.41, 5.74) is 5.69. The highest BCUT2D eigenvalue weighted by Gasteiger charge is 2.02. The monoisotopic (exact) mass is 348 g/mol. The lowest BCUT2D eigenvalue weighted by Crippen LogP contribution is -1.93. The summed E-state index contributed by atoms with van der Waals surface area (Å²) in [5.74, 6) is 0.593. The van der Waals surface area contributed by atoms with Gasteiger partial charge < -0.3 is 5.73 Å². The predicted molar refractivity (Wildman–Crippen MR) is 66.6 cm³/mol. The normalized spacial score (nSPS) is 10.6. The van der Waals surface area contributed by atoms with Crippen molar-refractivity contribution >= 4 is 55.1 Å². The van der Waals surface area contributed by atoms with Crippen LogP contribution >= 0.6 is 38.5 Å². The molecule has 0 saturated heterocycles. The maximum atomic E-state index is 5.69. The number of benzene rings is 1. The highest BCUT2D eigenvalue weighted by Crippen LogP contribution is 2.26. The molecule has 2 rings (SSSR count). The van der Waals surface area contributed by atoms with E-state index in [9.17, 15) is 0 Å². The zero-order chi connectivity index (χ0) is 9.42. The van der Waals surface area contributed by atoms with E-state index in [0.29, 0.717) is 5.82 Å². The molecule has 66 valence electrons. The molecule has 0 aliphatic heterocycles. The van der Waals surface area contributed by atoms with Crippen LogP contribution in [-0.4, -0.2) is 4.98 Å². The van der Waals surface area contributed by atoms with Crippen molar-refractivity contribution in [1.82, 2.24) is 4.98 Å². The van der Waals surface area contributed by atoms with Gasteiger partial charge in [0.05, 0.1) is 3.57 Å². The molecule has 0 saturated carbocycles. The second-order valence-electron chi connectivity index (χ2n) is 2.69. The maximum Gasteiger partial charge on any atom is 0.137 e. The first-order chi connectivity index (χ1) is 6.18. The van der Waals surface area contributed by atoms with Gasteiger partial charge in [-0.2, -0.15) is 0 Å². The highest BCUT2D eigenvalue weighted by atomic mass is 127. The summed E-state index contributed by atoms with van der Waals surface area (Å²) in [6.45, 7) is 0. The fraction of sp³-hybridized carbons (Fsp3) is 0. The van der Waals surface area contributed by atoms with Gasteiger partial charge in [0.1, 0.15) is 5.82 Å². The van der Waals surface area contributed by atoms with Crippen molar-refractivity contribution in [3.8, 4) is 0 Å². The van der Waals surface area contributed by atoms with E-state index in [0.717, 1.165) is 18.8 Å². The molecular formula is C9H6BrIN2. The topological polar surface area (TPSA) is 38.9 Å². The van der Waals surface area contributed by atoms with E-state index in [-0.39, 0.29) is 0 Å². The van der Waals surface area contributed by atoms with Gasteiger partial charge >= 0.3 is 0 Å². The van der Waals surface area contributed by atoms with Crippen LogP contribution in [0.2, 0.25) is 0 Å². The van der Waals surface area contributed by atoms with Crippen LogP contribution in [0.3, 0.4) is 0 Å². The molecule has 4 heteroatoms. The molecule has 0 unspecified atom stereocenters. The van der Waals surface area contributed by atoms with Crippen molar-refractivity contribution in [2.24, 2.45) is 0 Å². The minimum absolute atomic E-state index is 0.593. The van der Waals surface area contributed by atoms with Crippen LogP contribution in [0.4, 0.5) is 5.82 Å². The smallest absolute Gasteiger partial charge is 0.137 e. The number of nitrogen functional groups attached to an aromatic ring is 1. The molecule has 13 heavy (non-hydrogen) atoms. The summed E-state index contributed by atoms with van der Waals surface area (Å²) in [7, 11) is 0. The van der Waals surface area contributed by atoms with Gasteiger partial charge in [-0.15, -0.1) is 0 Å². The summed E-state index contributed by atoms with van der Waals surface area (Å²) in [5, 5.41) is 2.25. The van der Waals surface area contributed by atoms with Crippen molar-refractivity contribution < 1.29 is 0 Å². The average Bonchev–Trinajstić information content (AvgIpc) is 2.12. The van der Waals surface area contributed by atoms with Gasteiger partial charge in [0.2, 0.25) is 0 Å². The Morgan fingerprint density at radius 3 is 2.92 bits per heavy atom. The summed E-state index contributed by atoms with van der Waals surface area (Å²) in [4.78, 5) is 4.10. The Hall–Kier alpha value is -0.360. The molecule has 0 aliphatic carbocycles. The predicted octanol–water partition coefficient (Wildman–Crippen LogP) is 3.18. The van der Waals surface area contributed by atoms with Crippen LogP contribution in [0.15, 0.2) is 28.9 Å². The molecule has 0 spiro atoms. The Morgan fingerprint density at radius 1 is 1.38 bits per heavy atom. The number of halogens is 2. The molecule has 0 fully saturated rings. The Labute approximate surface area is 97.8 Å². The third-order valence-corrected chi connectivity index (χ3v) is 3.44. The molecule has 0 radical (unpaired) electrons. The van der Waals surface area contributed by atoms with Gasteiger partial charge in [-0.3, -0.25) is 0 Å². The van der Waals surface area contributed by atoms with E-state index in [1.165, 1.54) is 0 Å². The number of anilines is 1. The summed E-state index contributed by atoms with van der Waals surface area (Å²) >= 11 is 5.63. The number of hydrogen-bond acceptors (Lipinski definition) is 2. The molecule has 2 N–H and O–H groups in total. The molecular weight excluding hydrogens is 343 g/mol. The lowest BCUT2D eigenvalue weighted by molar-refractivity contribution is 1.35. The molecule has 0 aliphatic rings. The lowest BCUT2D eigenvalue weighted by atomic mass is 10.2. The maximum absolute atomic E-state index is 5.69. The second-order valence-corrected chi connectivity index (χ2v) is 4.68. The molecule has 1 aromatic heterocycles. The van der Waals surface area contributed by atoms with E-state index >= 15 is 0 Å². The van der Waals surface area contributed by atoms with E-state index in [1.807, 2.05) is 18.2 Å². The van der Waals surface area contributed by atoms with Crippen LogP contribution in [0.5, 0.6) is 0 Å². The minimum Gasteiger partial charge on any atom is -0.383 e. The number of fused-ring (bicyclic) bond motifs is 1. The van der Waals surface area contributed by atoms with Gasteiger partial charge in [0.25, 0.3) is 0 Å². The molecule has 1 heterocycles. The Balaban J connectivity index is 2.87. The SMILES string of the molecule is Nc1ncc2cc(Br)ccc2c1I. The summed E-state index contributed by atoms with van der Waals surface area (Å²) < 4.78 is 2.07. The van der Waals surface area contributed by atoms with E-state index in [1.54, 1.807) is 6.20 Å². The van der Waals surface area contributed by atoms with Gasteiger partial charge in [-0.25, -0.2) is 4.98 Å². The first kappa shape index (κ1) is 9.21. The van der Waals surface area contributed by atoms with Crippen LogP contribution < -0.4 is 5.73 Å². The Morgan fingerprint density at radius 2 is 2.15 bits per heavy atom. The lowest BCUT2D eigenvalue weighted by Gasteiger charge is -2.02. The van der Waals surface area contributed by atoms with Crippen LogP contribution in [0, 0.1) is 3.57 Å². The van der Waals surface area contributed by atoms with Crippen molar-refractivity contribution in [2.45, 2.75) is 0 Å². The quantitative estimate of drug-likeness (QED) is 0.742. The van der Waals surface area contributed by atoms with Gasteiger partial charge in [-0.1, -0.05) is 22.0 Å². The fourth-order valence-electron chi connectivity index (χ4n) is 1.17. The number of hydrogen-bond donors (Lipinski definition) is 1. The number of nitrogens with zero attached hydrogens (tertiary/aromatic N) is 1. The molecule has 2 aromatic rings. The van der Waals surface area contributed by atoms with Gasteiger partial charge in [0.15, 0.2) is 0 Å². The summed E-state index contributed by atoms with van der Waals surface area (Å²) in [6.07, 6.45) is 1.79. The number of pyridine rings is 1. The standard InChI is InChI=1S/C9H6BrIN2/c10-6-1-2-7-5(3-6)4-13-9(12)8(7)11/h1-4H,(H2,12,13). The molecule has 0 atom stereocenters. The zero-order valence-corrected chi connectivity index (χ0v) is 10.3. The third kappa shape index (κ3) is 1.65. The molecule has 0 bridgehead atoms. The van der Waals surface area contributed by atoms with Crippen LogP contribution in [0.1, 0.15) is 0 Å². The zero-order valence-electron chi connectivity index (χ0n) is 6.59. The number of rotatable bonds is 0. The van der Waals surface area contributed by atoms with E-state index in [2.05, 4.69) is 43.5 Å². The fourth-order valence-corrected chi connectivity index (χ4v) is 2.18.